The maximum absolute atomic E-state index is 11.7. The molecule has 1 heterocycles. The van der Waals surface area contributed by atoms with Crippen molar-refractivity contribution >= 4 is 22.9 Å². The van der Waals surface area contributed by atoms with Crippen molar-refractivity contribution in [2.45, 2.75) is 34.1 Å². The predicted molar refractivity (Wildman–Crippen MR) is 62.5 cm³/mol. The lowest BCUT2D eigenvalue weighted by Crippen LogP contribution is -2.22. The highest BCUT2D eigenvalue weighted by Crippen LogP contribution is 2.20. The Morgan fingerprint density at radius 3 is 2.33 bits per heavy atom. The molecular weight excluding hydrogens is 208 g/mol. The Kier molecular flexibility index (Phi) is 3.45. The molecule has 0 aliphatic heterocycles. The lowest BCUT2D eigenvalue weighted by atomic mass is 9.87. The molecule has 0 saturated heterocycles. The Hall–Kier alpha value is -0.960. The minimum Gasteiger partial charge on any atom is -0.299 e. The van der Waals surface area contributed by atoms with Crippen molar-refractivity contribution in [1.29, 1.82) is 0 Å². The maximum Gasteiger partial charge on any atom is 0.171 e. The summed E-state index contributed by atoms with van der Waals surface area (Å²) in [6.45, 7) is 7.46. The number of ketones is 2. The Morgan fingerprint density at radius 1 is 1.33 bits per heavy atom. The molecule has 0 aliphatic rings. The number of hydrogen-bond donors (Lipinski definition) is 0. The van der Waals surface area contributed by atoms with E-state index in [9.17, 15) is 9.59 Å². The fraction of sp³-hybridized carbons (Fsp3) is 0.500. The Labute approximate surface area is 94.3 Å². The van der Waals surface area contributed by atoms with Gasteiger partial charge in [0.25, 0.3) is 0 Å². The second-order valence-corrected chi connectivity index (χ2v) is 5.83. The highest BCUT2D eigenvalue weighted by molar-refractivity contribution is 7.10. The summed E-state index contributed by atoms with van der Waals surface area (Å²) in [6.07, 6.45) is 0.0136. The molecule has 1 rings (SSSR count). The molecule has 0 spiro atoms. The summed E-state index contributed by atoms with van der Waals surface area (Å²) >= 11 is 1.54. The maximum atomic E-state index is 11.7. The van der Waals surface area contributed by atoms with Gasteiger partial charge < -0.3 is 0 Å². The standard InChI is InChI=1S/C12H16O2S/c1-8-5-9(7-15-8)10(13)6-11(14)12(2,3)4/h5,7H,6H2,1-4H3. The van der Waals surface area contributed by atoms with Crippen molar-refractivity contribution in [2.75, 3.05) is 0 Å². The largest absolute Gasteiger partial charge is 0.299 e. The van der Waals surface area contributed by atoms with Gasteiger partial charge in [-0.3, -0.25) is 9.59 Å². The first-order chi connectivity index (χ1) is 6.80. The van der Waals surface area contributed by atoms with Crippen LogP contribution in [-0.2, 0) is 4.79 Å². The van der Waals surface area contributed by atoms with Crippen LogP contribution in [0.1, 0.15) is 42.4 Å². The van der Waals surface area contributed by atoms with Gasteiger partial charge in [0, 0.05) is 21.2 Å². The van der Waals surface area contributed by atoms with Gasteiger partial charge in [-0.25, -0.2) is 0 Å². The Morgan fingerprint density at radius 2 is 1.93 bits per heavy atom. The van der Waals surface area contributed by atoms with E-state index in [1.165, 1.54) is 11.3 Å². The van der Waals surface area contributed by atoms with Crippen molar-refractivity contribution < 1.29 is 9.59 Å². The average Bonchev–Trinajstić information content (AvgIpc) is 2.50. The topological polar surface area (TPSA) is 34.1 Å². The average molecular weight is 224 g/mol. The predicted octanol–water partition coefficient (Wildman–Crippen LogP) is 3.24. The van der Waals surface area contributed by atoms with Gasteiger partial charge in [0.2, 0.25) is 0 Å². The number of carbonyl (C=O) groups is 2. The van der Waals surface area contributed by atoms with E-state index in [0.717, 1.165) is 4.88 Å². The van der Waals surface area contributed by atoms with E-state index in [2.05, 4.69) is 0 Å². The minimum atomic E-state index is -0.430. The van der Waals surface area contributed by atoms with E-state index in [4.69, 9.17) is 0 Å². The van der Waals surface area contributed by atoms with Crippen LogP contribution in [0.3, 0.4) is 0 Å². The lowest BCUT2D eigenvalue weighted by Gasteiger charge is -2.15. The molecule has 0 atom stereocenters. The molecule has 0 saturated carbocycles. The minimum absolute atomic E-state index is 0.00338. The van der Waals surface area contributed by atoms with E-state index in [1.54, 1.807) is 0 Å². The van der Waals surface area contributed by atoms with E-state index in [-0.39, 0.29) is 18.0 Å². The van der Waals surface area contributed by atoms with Gasteiger partial charge in [0.05, 0.1) is 6.42 Å². The molecule has 3 heteroatoms. The third-order valence-electron chi connectivity index (χ3n) is 2.21. The molecule has 0 unspecified atom stereocenters. The fourth-order valence-electron chi connectivity index (χ4n) is 1.10. The number of Topliss-reactive ketones (excluding diaryl/α,β-unsaturated/α-hetero) is 2. The van der Waals surface area contributed by atoms with E-state index >= 15 is 0 Å². The molecule has 15 heavy (non-hydrogen) atoms. The summed E-state index contributed by atoms with van der Waals surface area (Å²) in [6, 6.07) is 1.84. The van der Waals surface area contributed by atoms with Gasteiger partial charge in [-0.1, -0.05) is 20.8 Å². The van der Waals surface area contributed by atoms with Gasteiger partial charge in [-0.2, -0.15) is 0 Å². The van der Waals surface area contributed by atoms with Gasteiger partial charge in [0.15, 0.2) is 5.78 Å². The number of rotatable bonds is 3. The zero-order chi connectivity index (χ0) is 11.6. The third-order valence-corrected chi connectivity index (χ3v) is 3.07. The van der Waals surface area contributed by atoms with Crippen molar-refractivity contribution in [3.8, 4) is 0 Å². The molecule has 1 aromatic rings. The van der Waals surface area contributed by atoms with Crippen LogP contribution in [0.2, 0.25) is 0 Å². The molecule has 0 aromatic carbocycles. The monoisotopic (exact) mass is 224 g/mol. The van der Waals surface area contributed by atoms with Crippen LogP contribution in [0.5, 0.6) is 0 Å². The Bertz CT molecular complexity index is 383. The SMILES string of the molecule is Cc1cc(C(=O)CC(=O)C(C)(C)C)cs1. The van der Waals surface area contributed by atoms with Crippen LogP contribution in [0.25, 0.3) is 0 Å². The molecular formula is C12H16O2S. The van der Waals surface area contributed by atoms with Crippen LogP contribution in [0.15, 0.2) is 11.4 Å². The highest BCUT2D eigenvalue weighted by Gasteiger charge is 2.24. The fourth-order valence-corrected chi connectivity index (χ4v) is 1.81. The smallest absolute Gasteiger partial charge is 0.171 e. The Balaban J connectivity index is 2.69. The first-order valence-corrected chi connectivity index (χ1v) is 5.80. The zero-order valence-electron chi connectivity index (χ0n) is 9.59. The first kappa shape index (κ1) is 12.1. The van der Waals surface area contributed by atoms with E-state index < -0.39 is 5.41 Å². The molecule has 0 fully saturated rings. The van der Waals surface area contributed by atoms with Crippen LogP contribution < -0.4 is 0 Å². The van der Waals surface area contributed by atoms with Crippen molar-refractivity contribution in [3.05, 3.63) is 21.9 Å². The molecule has 0 N–H and O–H groups in total. The van der Waals surface area contributed by atoms with Crippen molar-refractivity contribution in [3.63, 3.8) is 0 Å². The molecule has 0 bridgehead atoms. The number of hydrogen-bond acceptors (Lipinski definition) is 3. The molecule has 2 nitrogen and oxygen atoms in total. The molecule has 1 aromatic heterocycles. The molecule has 0 radical (unpaired) electrons. The summed E-state index contributed by atoms with van der Waals surface area (Å²) in [4.78, 5) is 24.4. The van der Waals surface area contributed by atoms with E-state index in [1.807, 2.05) is 39.1 Å². The summed E-state index contributed by atoms with van der Waals surface area (Å²) in [7, 11) is 0. The van der Waals surface area contributed by atoms with Gasteiger partial charge in [-0.15, -0.1) is 11.3 Å². The number of aryl methyl sites for hydroxylation is 1. The number of thiophene rings is 1. The van der Waals surface area contributed by atoms with Crippen LogP contribution in [-0.4, -0.2) is 11.6 Å². The quantitative estimate of drug-likeness (QED) is 0.583. The van der Waals surface area contributed by atoms with Crippen molar-refractivity contribution in [1.82, 2.24) is 0 Å². The highest BCUT2D eigenvalue weighted by atomic mass is 32.1. The summed E-state index contributed by atoms with van der Waals surface area (Å²) < 4.78 is 0. The van der Waals surface area contributed by atoms with Gasteiger partial charge >= 0.3 is 0 Å². The van der Waals surface area contributed by atoms with E-state index in [0.29, 0.717) is 5.56 Å². The molecule has 0 aliphatic carbocycles. The van der Waals surface area contributed by atoms with Crippen LogP contribution in [0, 0.1) is 12.3 Å². The molecule has 0 amide bonds. The van der Waals surface area contributed by atoms with Crippen molar-refractivity contribution in [2.24, 2.45) is 5.41 Å². The normalized spacial score (nSPS) is 11.5. The van der Waals surface area contributed by atoms with Crippen LogP contribution in [0.4, 0.5) is 0 Å². The second-order valence-electron chi connectivity index (χ2n) is 4.72. The number of carbonyl (C=O) groups excluding carboxylic acids is 2. The molecule has 82 valence electrons. The zero-order valence-corrected chi connectivity index (χ0v) is 10.4. The summed E-state index contributed by atoms with van der Waals surface area (Å²) in [5.41, 5.74) is 0.232. The van der Waals surface area contributed by atoms with Crippen LogP contribution >= 0.6 is 11.3 Å². The third kappa shape index (κ3) is 3.27. The summed E-state index contributed by atoms with van der Waals surface area (Å²) in [5.74, 6) is -0.0735. The first-order valence-electron chi connectivity index (χ1n) is 4.92. The van der Waals surface area contributed by atoms with Gasteiger partial charge in [0.1, 0.15) is 5.78 Å². The lowest BCUT2D eigenvalue weighted by molar-refractivity contribution is -0.125. The second kappa shape index (κ2) is 4.27. The summed E-state index contributed by atoms with van der Waals surface area (Å²) in [5, 5.41) is 1.81. The van der Waals surface area contributed by atoms with Gasteiger partial charge in [-0.05, 0) is 13.0 Å².